The molecule has 0 aromatic heterocycles. The van der Waals surface area contributed by atoms with Gasteiger partial charge in [-0.3, -0.25) is 0 Å². The standard InChI is InChI=1S/C33H29OP/c1-5-24(13-10-20-35(3,4)34)27-18-19-31-32(22-27)23(2)29-14-8-9-15-30(29)33(31)28-17-16-25-11-6-7-12-26(25)21-28/h5-22H,1H2,2-4H3/b20-10+,24-13+. The number of hydrogen-bond acceptors (Lipinski definition) is 1. The zero-order valence-electron chi connectivity index (χ0n) is 20.5. The van der Waals surface area contributed by atoms with Crippen molar-refractivity contribution in [3.05, 3.63) is 127 Å². The van der Waals surface area contributed by atoms with Crippen molar-refractivity contribution < 1.29 is 4.57 Å². The van der Waals surface area contributed by atoms with Crippen molar-refractivity contribution in [1.82, 2.24) is 0 Å². The molecular weight excluding hydrogens is 443 g/mol. The third-order valence-corrected chi connectivity index (χ3v) is 7.50. The van der Waals surface area contributed by atoms with E-state index in [1.165, 1.54) is 49.0 Å². The van der Waals surface area contributed by atoms with Crippen molar-refractivity contribution >= 4 is 45.0 Å². The topological polar surface area (TPSA) is 17.1 Å². The Morgan fingerprint density at radius 2 is 1.46 bits per heavy atom. The van der Waals surface area contributed by atoms with Crippen molar-refractivity contribution in [2.75, 3.05) is 13.3 Å². The molecule has 0 aliphatic carbocycles. The molecule has 5 aromatic carbocycles. The van der Waals surface area contributed by atoms with E-state index in [0.717, 1.165) is 11.1 Å². The number of rotatable bonds is 5. The Bertz CT molecular complexity index is 1710. The first kappa shape index (κ1) is 23.1. The fourth-order valence-corrected chi connectivity index (χ4v) is 5.36. The van der Waals surface area contributed by atoms with Gasteiger partial charge in [-0.15, -0.1) is 0 Å². The highest BCUT2D eigenvalue weighted by molar-refractivity contribution is 7.65. The van der Waals surface area contributed by atoms with Gasteiger partial charge in [0, 0.05) is 0 Å². The van der Waals surface area contributed by atoms with Gasteiger partial charge in [-0.1, -0.05) is 97.6 Å². The molecule has 172 valence electrons. The van der Waals surface area contributed by atoms with Gasteiger partial charge in [-0.2, -0.15) is 0 Å². The Morgan fingerprint density at radius 1 is 0.771 bits per heavy atom. The zero-order chi connectivity index (χ0) is 24.6. The summed E-state index contributed by atoms with van der Waals surface area (Å²) >= 11 is 0. The van der Waals surface area contributed by atoms with E-state index in [-0.39, 0.29) is 0 Å². The second-order valence-corrected chi connectivity index (χ2v) is 12.6. The molecule has 0 N–H and O–H groups in total. The van der Waals surface area contributed by atoms with E-state index in [2.05, 4.69) is 98.4 Å². The Balaban J connectivity index is 1.78. The van der Waals surface area contributed by atoms with Crippen molar-refractivity contribution in [1.29, 1.82) is 0 Å². The molecular formula is C33H29OP. The quantitative estimate of drug-likeness (QED) is 0.141. The Morgan fingerprint density at radius 3 is 2.20 bits per heavy atom. The van der Waals surface area contributed by atoms with Gasteiger partial charge in [0.2, 0.25) is 0 Å². The van der Waals surface area contributed by atoms with Crippen LogP contribution < -0.4 is 0 Å². The minimum absolute atomic E-state index is 1.01. The third kappa shape index (κ3) is 4.53. The van der Waals surface area contributed by atoms with Crippen LogP contribution in [0.4, 0.5) is 0 Å². The average Bonchev–Trinajstić information content (AvgIpc) is 2.86. The number of hydrogen-bond donors (Lipinski definition) is 0. The average molecular weight is 473 g/mol. The molecule has 0 amide bonds. The summed E-state index contributed by atoms with van der Waals surface area (Å²) in [5, 5.41) is 7.50. The van der Waals surface area contributed by atoms with Crippen LogP contribution in [0, 0.1) is 6.92 Å². The van der Waals surface area contributed by atoms with E-state index < -0.39 is 7.14 Å². The van der Waals surface area contributed by atoms with Crippen LogP contribution in [-0.4, -0.2) is 13.3 Å². The summed E-state index contributed by atoms with van der Waals surface area (Å²) in [7, 11) is -2.22. The minimum Gasteiger partial charge on any atom is -0.320 e. The molecule has 0 atom stereocenters. The number of benzene rings is 5. The summed E-state index contributed by atoms with van der Waals surface area (Å²) < 4.78 is 12.1. The normalized spacial score (nSPS) is 12.7. The first-order valence-corrected chi connectivity index (χ1v) is 14.5. The number of allylic oxidation sites excluding steroid dienone is 4. The van der Waals surface area contributed by atoms with E-state index in [9.17, 15) is 4.57 Å². The van der Waals surface area contributed by atoms with Crippen molar-refractivity contribution in [2.24, 2.45) is 0 Å². The molecule has 0 radical (unpaired) electrons. The molecule has 0 aliphatic heterocycles. The molecule has 0 aliphatic rings. The summed E-state index contributed by atoms with van der Waals surface area (Å²) in [6.45, 7) is 9.77. The lowest BCUT2D eigenvalue weighted by molar-refractivity contribution is 0.588. The predicted molar refractivity (Wildman–Crippen MR) is 156 cm³/mol. The maximum Gasteiger partial charge on any atom is 0.102 e. The largest absolute Gasteiger partial charge is 0.320 e. The van der Waals surface area contributed by atoms with Gasteiger partial charge >= 0.3 is 0 Å². The second-order valence-electron chi connectivity index (χ2n) is 9.47. The minimum atomic E-state index is -2.22. The van der Waals surface area contributed by atoms with E-state index in [1.807, 2.05) is 18.2 Å². The molecule has 5 aromatic rings. The van der Waals surface area contributed by atoms with Gasteiger partial charge in [0.25, 0.3) is 0 Å². The van der Waals surface area contributed by atoms with Gasteiger partial charge in [0.05, 0.1) is 0 Å². The maximum absolute atomic E-state index is 12.1. The number of aryl methyl sites for hydroxylation is 1. The SMILES string of the molecule is C=C/C(=C\C=C\P(C)(C)=O)c1ccc2c(-c3ccc4ccccc4c3)c3ccccc3c(C)c2c1. The van der Waals surface area contributed by atoms with Crippen LogP contribution in [0.25, 0.3) is 49.0 Å². The van der Waals surface area contributed by atoms with E-state index in [1.54, 1.807) is 19.1 Å². The van der Waals surface area contributed by atoms with Crippen molar-refractivity contribution in [2.45, 2.75) is 6.92 Å². The van der Waals surface area contributed by atoms with Gasteiger partial charge in [0.1, 0.15) is 7.14 Å². The molecule has 35 heavy (non-hydrogen) atoms. The van der Waals surface area contributed by atoms with Crippen LogP contribution in [0.3, 0.4) is 0 Å². The van der Waals surface area contributed by atoms with Gasteiger partial charge < -0.3 is 4.57 Å². The third-order valence-electron chi connectivity index (χ3n) is 6.61. The maximum atomic E-state index is 12.1. The monoisotopic (exact) mass is 472 g/mol. The smallest absolute Gasteiger partial charge is 0.102 e. The second kappa shape index (κ2) is 9.17. The van der Waals surface area contributed by atoms with Gasteiger partial charge in [-0.25, -0.2) is 0 Å². The lowest BCUT2D eigenvalue weighted by Gasteiger charge is -2.17. The van der Waals surface area contributed by atoms with Gasteiger partial charge in [-0.05, 0) is 98.3 Å². The summed E-state index contributed by atoms with van der Waals surface area (Å²) in [5.41, 5.74) is 5.87. The lowest BCUT2D eigenvalue weighted by Crippen LogP contribution is -1.91. The number of fused-ring (bicyclic) bond motifs is 3. The van der Waals surface area contributed by atoms with Crippen LogP contribution in [0.15, 0.2) is 116 Å². The van der Waals surface area contributed by atoms with Crippen LogP contribution in [0.2, 0.25) is 0 Å². The Hall–Kier alpha value is -3.67. The molecule has 2 heteroatoms. The summed E-state index contributed by atoms with van der Waals surface area (Å²) in [5.74, 6) is 1.79. The van der Waals surface area contributed by atoms with Crippen LogP contribution in [0.1, 0.15) is 11.1 Å². The molecule has 0 saturated heterocycles. The molecule has 0 heterocycles. The van der Waals surface area contributed by atoms with Crippen molar-refractivity contribution in [3.63, 3.8) is 0 Å². The fourth-order valence-electron chi connectivity index (χ4n) is 4.86. The molecule has 0 saturated carbocycles. The first-order valence-electron chi connectivity index (χ1n) is 11.9. The first-order chi connectivity index (χ1) is 16.9. The van der Waals surface area contributed by atoms with E-state index in [4.69, 9.17) is 0 Å². The summed E-state index contributed by atoms with van der Waals surface area (Å²) in [4.78, 5) is 0. The molecule has 5 rings (SSSR count). The van der Waals surface area contributed by atoms with E-state index >= 15 is 0 Å². The van der Waals surface area contributed by atoms with Crippen LogP contribution in [-0.2, 0) is 4.57 Å². The molecule has 0 fully saturated rings. The zero-order valence-corrected chi connectivity index (χ0v) is 21.3. The summed E-state index contributed by atoms with van der Waals surface area (Å²) in [6, 6.07) is 30.6. The molecule has 1 nitrogen and oxygen atoms in total. The van der Waals surface area contributed by atoms with Crippen LogP contribution in [0.5, 0.6) is 0 Å². The molecule has 0 unspecified atom stereocenters. The van der Waals surface area contributed by atoms with Crippen molar-refractivity contribution in [3.8, 4) is 11.1 Å². The van der Waals surface area contributed by atoms with Crippen LogP contribution >= 0.6 is 7.14 Å². The highest BCUT2D eigenvalue weighted by Gasteiger charge is 2.14. The van der Waals surface area contributed by atoms with E-state index in [0.29, 0.717) is 0 Å². The highest BCUT2D eigenvalue weighted by atomic mass is 31.2. The Kier molecular flexibility index (Phi) is 6.05. The Labute approximate surface area is 207 Å². The highest BCUT2D eigenvalue weighted by Crippen LogP contribution is 2.41. The summed E-state index contributed by atoms with van der Waals surface area (Å²) in [6.07, 6.45) is 5.74. The fraction of sp³-hybridized carbons (Fsp3) is 0.0909. The lowest BCUT2D eigenvalue weighted by atomic mass is 9.87. The molecule has 0 bridgehead atoms. The molecule has 0 spiro atoms. The van der Waals surface area contributed by atoms with Gasteiger partial charge in [0.15, 0.2) is 0 Å². The predicted octanol–water partition coefficient (Wildman–Crippen LogP) is 9.83.